The van der Waals surface area contributed by atoms with Crippen LogP contribution >= 0.6 is 23.4 Å². The van der Waals surface area contributed by atoms with E-state index in [2.05, 4.69) is 0 Å². The number of halogens is 1. The van der Waals surface area contributed by atoms with Gasteiger partial charge in [-0.3, -0.25) is 4.79 Å². The summed E-state index contributed by atoms with van der Waals surface area (Å²) in [7, 11) is 0. The quantitative estimate of drug-likeness (QED) is 0.351. The van der Waals surface area contributed by atoms with Gasteiger partial charge in [-0.25, -0.2) is 0 Å². The third-order valence-corrected chi connectivity index (χ3v) is 6.99. The molecule has 8 nitrogen and oxygen atoms in total. The van der Waals surface area contributed by atoms with Gasteiger partial charge in [0.1, 0.15) is 41.6 Å². The first-order valence-corrected chi connectivity index (χ1v) is 11.9. The van der Waals surface area contributed by atoms with E-state index in [1.165, 1.54) is 0 Å². The van der Waals surface area contributed by atoms with Crippen molar-refractivity contribution >= 4 is 29.3 Å². The molecule has 1 aliphatic rings. The van der Waals surface area contributed by atoms with Gasteiger partial charge in [0.15, 0.2) is 0 Å². The Morgan fingerprint density at radius 1 is 1.15 bits per heavy atom. The van der Waals surface area contributed by atoms with Crippen molar-refractivity contribution < 1.29 is 34.7 Å². The predicted octanol–water partition coefficient (Wildman–Crippen LogP) is 1.95. The van der Waals surface area contributed by atoms with E-state index in [0.29, 0.717) is 23.6 Å². The van der Waals surface area contributed by atoms with E-state index < -0.39 is 41.9 Å². The molecule has 0 bridgehead atoms. The molecule has 0 aliphatic carbocycles. The van der Waals surface area contributed by atoms with E-state index in [0.717, 1.165) is 28.6 Å². The fourth-order valence-electron chi connectivity index (χ4n) is 3.53. The lowest BCUT2D eigenvalue weighted by molar-refractivity contribution is -0.200. The lowest BCUT2D eigenvalue weighted by atomic mass is 9.92. The van der Waals surface area contributed by atoms with Gasteiger partial charge >= 0.3 is 5.97 Å². The Bertz CT molecular complexity index is 945. The number of benzene rings is 2. The molecule has 6 N–H and O–H groups in total. The van der Waals surface area contributed by atoms with Crippen LogP contribution in [0.2, 0.25) is 5.02 Å². The second-order valence-corrected chi connectivity index (χ2v) is 9.32. The molecule has 1 aliphatic heterocycles. The van der Waals surface area contributed by atoms with E-state index in [-0.39, 0.29) is 5.75 Å². The summed E-state index contributed by atoms with van der Waals surface area (Å²) in [4.78, 5) is 11.0. The van der Waals surface area contributed by atoms with E-state index in [9.17, 15) is 20.1 Å². The molecule has 1 heterocycles. The van der Waals surface area contributed by atoms with Gasteiger partial charge < -0.3 is 35.6 Å². The number of carboxylic acids is 1. The maximum atomic E-state index is 11.0. The van der Waals surface area contributed by atoms with Crippen molar-refractivity contribution in [1.29, 1.82) is 0 Å². The first-order valence-electron chi connectivity index (χ1n) is 10.5. The van der Waals surface area contributed by atoms with Crippen LogP contribution in [-0.4, -0.2) is 68.5 Å². The van der Waals surface area contributed by atoms with Gasteiger partial charge in [0.2, 0.25) is 0 Å². The fourth-order valence-corrected chi connectivity index (χ4v) is 4.81. The summed E-state index contributed by atoms with van der Waals surface area (Å²) in [5, 5.41) is 40.8. The predicted molar refractivity (Wildman–Crippen MR) is 126 cm³/mol. The van der Waals surface area contributed by atoms with Gasteiger partial charge in [0.25, 0.3) is 0 Å². The summed E-state index contributed by atoms with van der Waals surface area (Å²) >= 11 is 7.38. The second kappa shape index (κ2) is 11.5. The zero-order valence-electron chi connectivity index (χ0n) is 18.0. The fraction of sp³-hybridized carbons (Fsp3) is 0.435. The van der Waals surface area contributed by atoms with Gasteiger partial charge in [-0.2, -0.15) is 0 Å². The molecule has 2 aromatic carbocycles. The molecule has 2 aromatic rings. The second-order valence-electron chi connectivity index (χ2n) is 7.78. The molecule has 0 saturated carbocycles. The van der Waals surface area contributed by atoms with E-state index in [1.54, 1.807) is 18.2 Å². The molecule has 0 amide bonds. The van der Waals surface area contributed by atoms with Crippen molar-refractivity contribution in [2.24, 2.45) is 5.73 Å². The number of carbonyl (C=O) groups is 1. The molecule has 0 radical (unpaired) electrons. The van der Waals surface area contributed by atoms with Crippen LogP contribution in [0.1, 0.15) is 29.7 Å². The number of nitrogens with two attached hydrogens (primary N) is 1. The molecule has 6 atom stereocenters. The summed E-state index contributed by atoms with van der Waals surface area (Å²) in [6.45, 7) is 2.50. The maximum absolute atomic E-state index is 11.0. The van der Waals surface area contributed by atoms with Gasteiger partial charge in [-0.1, -0.05) is 35.9 Å². The van der Waals surface area contributed by atoms with Crippen molar-refractivity contribution in [3.8, 4) is 5.75 Å². The van der Waals surface area contributed by atoms with Crippen LogP contribution in [0.4, 0.5) is 0 Å². The normalized spacial score (nSPS) is 26.1. The molecule has 3 rings (SSSR count). The molecule has 33 heavy (non-hydrogen) atoms. The summed E-state index contributed by atoms with van der Waals surface area (Å²) < 4.78 is 11.3. The van der Waals surface area contributed by atoms with Gasteiger partial charge in [0, 0.05) is 10.8 Å². The Hall–Kier alpha value is -1.85. The maximum Gasteiger partial charge on any atom is 0.321 e. The van der Waals surface area contributed by atoms with Crippen molar-refractivity contribution in [1.82, 2.24) is 0 Å². The molecule has 0 spiro atoms. The van der Waals surface area contributed by atoms with Crippen LogP contribution in [0.3, 0.4) is 0 Å². The number of thioether (sulfide) groups is 1. The zero-order chi connectivity index (χ0) is 24.1. The lowest BCUT2D eigenvalue weighted by Gasteiger charge is -2.40. The minimum absolute atomic E-state index is 0.0315. The van der Waals surface area contributed by atoms with Crippen LogP contribution in [0.5, 0.6) is 5.75 Å². The number of carboxylic acid groups (broad SMARTS) is 1. The van der Waals surface area contributed by atoms with Crippen LogP contribution in [0.15, 0.2) is 42.5 Å². The highest BCUT2D eigenvalue weighted by atomic mass is 35.5. The SMILES string of the molecule is CCOc1ccc(Cc2cc([C@@H]3O[C@H](SC[C@H](N)C(=O)O)[C@H](O)[C@@H](O)[C@H]3O)ccc2Cl)cc1. The van der Waals surface area contributed by atoms with Crippen molar-refractivity contribution in [3.05, 3.63) is 64.2 Å². The first-order chi connectivity index (χ1) is 15.7. The van der Waals surface area contributed by atoms with Gasteiger partial charge in [-0.15, -0.1) is 11.8 Å². The van der Waals surface area contributed by atoms with Crippen molar-refractivity contribution in [3.63, 3.8) is 0 Å². The number of aliphatic hydroxyl groups is 3. The van der Waals surface area contributed by atoms with Gasteiger partial charge in [0.05, 0.1) is 6.61 Å². The zero-order valence-corrected chi connectivity index (χ0v) is 19.6. The summed E-state index contributed by atoms with van der Waals surface area (Å²) in [6.07, 6.45) is -4.69. The standard InChI is InChI=1S/C23H28ClNO7S/c1-2-31-15-6-3-12(4-7-15)9-14-10-13(5-8-16(14)24)21-19(27)18(26)20(28)23(32-21)33-11-17(25)22(29)30/h3-8,10,17-21,23,26-28H,2,9,11,25H2,1H3,(H,29,30)/t17-,18-,19+,20+,21-,23+/m0/s1. The van der Waals surface area contributed by atoms with Crippen molar-refractivity contribution in [2.45, 2.75) is 49.2 Å². The molecule has 0 unspecified atom stereocenters. The highest BCUT2D eigenvalue weighted by molar-refractivity contribution is 7.99. The Kier molecular flexibility index (Phi) is 9.00. The monoisotopic (exact) mass is 497 g/mol. The molecule has 1 fully saturated rings. The number of hydrogen-bond acceptors (Lipinski definition) is 8. The highest BCUT2D eigenvalue weighted by Crippen LogP contribution is 2.38. The average molecular weight is 498 g/mol. The molecule has 10 heteroatoms. The van der Waals surface area contributed by atoms with Gasteiger partial charge in [-0.05, 0) is 48.2 Å². The Labute approximate surface area is 201 Å². The molecule has 180 valence electrons. The Balaban J connectivity index is 1.78. The first kappa shape index (κ1) is 25.8. The van der Waals surface area contributed by atoms with Crippen LogP contribution in [0, 0.1) is 0 Å². The number of hydrogen-bond donors (Lipinski definition) is 5. The molecular formula is C23H28ClNO7S. The largest absolute Gasteiger partial charge is 0.494 e. The summed E-state index contributed by atoms with van der Waals surface area (Å²) in [6, 6.07) is 11.7. The lowest BCUT2D eigenvalue weighted by Crippen LogP contribution is -2.53. The average Bonchev–Trinajstić information content (AvgIpc) is 2.80. The molecular weight excluding hydrogens is 470 g/mol. The topological polar surface area (TPSA) is 142 Å². The summed E-state index contributed by atoms with van der Waals surface area (Å²) in [5.41, 5.74) is 6.94. The minimum atomic E-state index is -1.48. The molecule has 0 aromatic heterocycles. The number of rotatable bonds is 9. The highest BCUT2D eigenvalue weighted by Gasteiger charge is 2.44. The Morgan fingerprint density at radius 3 is 2.48 bits per heavy atom. The summed E-state index contributed by atoms with van der Waals surface area (Å²) in [5.74, 6) is -0.434. The molecule has 1 saturated heterocycles. The smallest absolute Gasteiger partial charge is 0.321 e. The van der Waals surface area contributed by atoms with E-state index in [1.807, 2.05) is 31.2 Å². The van der Waals surface area contributed by atoms with Crippen LogP contribution < -0.4 is 10.5 Å². The van der Waals surface area contributed by atoms with E-state index >= 15 is 0 Å². The van der Waals surface area contributed by atoms with E-state index in [4.69, 9.17) is 31.9 Å². The Morgan fingerprint density at radius 2 is 1.85 bits per heavy atom. The number of aliphatic carboxylic acids is 1. The minimum Gasteiger partial charge on any atom is -0.494 e. The van der Waals surface area contributed by atoms with Crippen LogP contribution in [0.25, 0.3) is 0 Å². The van der Waals surface area contributed by atoms with Crippen molar-refractivity contribution in [2.75, 3.05) is 12.4 Å². The third kappa shape index (κ3) is 6.39. The van der Waals surface area contributed by atoms with Crippen LogP contribution in [-0.2, 0) is 16.0 Å². The third-order valence-electron chi connectivity index (χ3n) is 5.35. The number of ether oxygens (including phenoxy) is 2. The number of aliphatic hydroxyl groups excluding tert-OH is 3.